The van der Waals surface area contributed by atoms with Crippen molar-refractivity contribution in [3.8, 4) is 33.8 Å². The lowest BCUT2D eigenvalue weighted by Crippen LogP contribution is -2.60. The van der Waals surface area contributed by atoms with Gasteiger partial charge in [0.05, 0.1) is 11.1 Å². The molecule has 3 aliphatic heterocycles. The van der Waals surface area contributed by atoms with Crippen LogP contribution in [0.15, 0.2) is 140 Å². The highest BCUT2D eigenvalue weighted by Gasteiger charge is 2.43. The van der Waals surface area contributed by atoms with Crippen LogP contribution >= 0.6 is 0 Å². The number of nitrogens with zero attached hydrogens (tertiary/aromatic N) is 3. The molecule has 3 aromatic heterocycles. The Morgan fingerprint density at radius 3 is 1.85 bits per heavy atom. The first-order chi connectivity index (χ1) is 20.3. The van der Waals surface area contributed by atoms with Crippen molar-refractivity contribution in [3.63, 3.8) is 0 Å². The van der Waals surface area contributed by atoms with Gasteiger partial charge in [0.25, 0.3) is 0 Å². The van der Waals surface area contributed by atoms with Gasteiger partial charge in [-0.25, -0.2) is 0 Å². The minimum absolute atomic E-state index is 0.0992. The molecule has 3 heteroatoms. The molecule has 6 heterocycles. The summed E-state index contributed by atoms with van der Waals surface area (Å²) in [6, 6.07) is 45.1. The van der Waals surface area contributed by atoms with Crippen molar-refractivity contribution >= 4 is 0 Å². The second kappa shape index (κ2) is 9.64. The van der Waals surface area contributed by atoms with E-state index in [1.54, 1.807) is 0 Å². The highest BCUT2D eigenvalue weighted by molar-refractivity contribution is 5.67. The van der Waals surface area contributed by atoms with Crippen LogP contribution in [-0.2, 0) is 12.8 Å². The fraction of sp³-hybridized carbons (Fsp3) is 0.132. The molecule has 0 radical (unpaired) electrons. The molecular weight excluding hydrogens is 498 g/mol. The van der Waals surface area contributed by atoms with Crippen LogP contribution in [0.25, 0.3) is 33.8 Å². The molecule has 0 saturated carbocycles. The second-order valence-electron chi connectivity index (χ2n) is 11.1. The first-order valence-corrected chi connectivity index (χ1v) is 14.6. The Morgan fingerprint density at radius 2 is 1.12 bits per heavy atom. The molecule has 9 rings (SSSR count). The van der Waals surface area contributed by atoms with Crippen LogP contribution in [0.4, 0.5) is 0 Å². The number of aromatic nitrogens is 3. The van der Waals surface area contributed by atoms with Crippen molar-refractivity contribution in [2.24, 2.45) is 0 Å². The average molecular weight is 531 g/mol. The third kappa shape index (κ3) is 3.76. The van der Waals surface area contributed by atoms with Gasteiger partial charge in [-0.1, -0.05) is 49.4 Å². The Morgan fingerprint density at radius 1 is 0.537 bits per heavy atom. The van der Waals surface area contributed by atoms with Crippen LogP contribution in [0.2, 0.25) is 0 Å². The molecule has 0 spiro atoms. The Balaban J connectivity index is 1.63. The van der Waals surface area contributed by atoms with E-state index in [-0.39, 0.29) is 12.2 Å². The van der Waals surface area contributed by atoms with E-state index in [0.29, 0.717) is 0 Å². The van der Waals surface area contributed by atoms with Crippen LogP contribution in [0.1, 0.15) is 41.4 Å². The summed E-state index contributed by atoms with van der Waals surface area (Å²) in [5, 5.41) is 0. The second-order valence-corrected chi connectivity index (χ2v) is 11.1. The van der Waals surface area contributed by atoms with Gasteiger partial charge in [0, 0.05) is 53.9 Å². The largest absolute Gasteiger partial charge is 0.381 e. The minimum Gasteiger partial charge on any atom is -0.191 e. The maximum Gasteiger partial charge on any atom is 0.381 e. The molecule has 0 aliphatic carbocycles. The molecule has 0 fully saturated rings. The van der Waals surface area contributed by atoms with Crippen LogP contribution < -0.4 is 13.7 Å². The van der Waals surface area contributed by atoms with Crippen LogP contribution in [0.5, 0.6) is 0 Å². The quantitative estimate of drug-likeness (QED) is 0.211. The van der Waals surface area contributed by atoms with E-state index in [1.165, 1.54) is 56.0 Å². The molecule has 3 aliphatic rings. The topological polar surface area (TPSA) is 11.6 Å². The van der Waals surface area contributed by atoms with E-state index in [2.05, 4.69) is 161 Å². The third-order valence-electron chi connectivity index (χ3n) is 8.92. The molecule has 6 aromatic rings. The lowest BCUT2D eigenvalue weighted by Gasteiger charge is -2.22. The van der Waals surface area contributed by atoms with Crippen molar-refractivity contribution in [2.45, 2.75) is 32.0 Å². The molecule has 2 unspecified atom stereocenters. The molecular formula is C38H32N3+3. The van der Waals surface area contributed by atoms with Gasteiger partial charge in [0.2, 0.25) is 17.1 Å². The van der Waals surface area contributed by atoms with Crippen molar-refractivity contribution < 1.29 is 13.7 Å². The zero-order chi connectivity index (χ0) is 27.3. The first kappa shape index (κ1) is 24.0. The van der Waals surface area contributed by atoms with E-state index in [0.717, 1.165) is 12.8 Å². The van der Waals surface area contributed by atoms with Gasteiger partial charge < -0.3 is 0 Å². The van der Waals surface area contributed by atoms with Gasteiger partial charge in [0.1, 0.15) is 5.56 Å². The summed E-state index contributed by atoms with van der Waals surface area (Å²) in [7, 11) is 0. The number of rotatable bonds is 1. The Labute approximate surface area is 241 Å². The van der Waals surface area contributed by atoms with Gasteiger partial charge in [0.15, 0.2) is 24.6 Å². The monoisotopic (exact) mass is 530 g/mol. The summed E-state index contributed by atoms with van der Waals surface area (Å²) in [6.07, 6.45) is 8.58. The lowest BCUT2D eigenvalue weighted by molar-refractivity contribution is -0.924. The van der Waals surface area contributed by atoms with Crippen molar-refractivity contribution in [3.05, 3.63) is 162 Å². The minimum atomic E-state index is -0.104. The standard InChI is InChI=1S/C38H32N3/c1-2-27-20-21-32-33(25-27)36-19-7-10-22-39(36)37-26-28-13-3-4-14-29(28)34-17-8-11-23-40(34)38(32)41-24-12-9-18-35(41)30-15-5-6-16-31(30)37/h3-25,37-38H,2,26H2,1H3/q+3. The third-order valence-corrected chi connectivity index (χ3v) is 8.92. The molecule has 0 amide bonds. The van der Waals surface area contributed by atoms with E-state index < -0.39 is 0 Å². The molecule has 2 bridgehead atoms. The van der Waals surface area contributed by atoms with Gasteiger partial charge in [-0.2, -0.15) is 4.57 Å². The average Bonchev–Trinajstić information content (AvgIpc) is 3.07. The Hall–Kier alpha value is -4.89. The molecule has 3 nitrogen and oxygen atoms in total. The zero-order valence-corrected chi connectivity index (χ0v) is 23.2. The molecule has 41 heavy (non-hydrogen) atoms. The maximum atomic E-state index is 2.53. The number of hydrogen-bond donors (Lipinski definition) is 0. The smallest absolute Gasteiger partial charge is 0.191 e. The van der Waals surface area contributed by atoms with E-state index in [9.17, 15) is 0 Å². The van der Waals surface area contributed by atoms with Crippen LogP contribution in [0, 0.1) is 0 Å². The summed E-state index contributed by atoms with van der Waals surface area (Å²) in [5.41, 5.74) is 12.9. The van der Waals surface area contributed by atoms with Crippen molar-refractivity contribution in [1.29, 1.82) is 0 Å². The summed E-state index contributed by atoms with van der Waals surface area (Å²) in [6.45, 7) is 2.25. The first-order valence-electron chi connectivity index (χ1n) is 14.6. The number of aryl methyl sites for hydroxylation is 1. The predicted molar refractivity (Wildman–Crippen MR) is 161 cm³/mol. The normalized spacial score (nSPS) is 16.4. The molecule has 0 saturated heterocycles. The summed E-state index contributed by atoms with van der Waals surface area (Å²) in [5.74, 6) is 0. The van der Waals surface area contributed by atoms with Crippen molar-refractivity contribution in [2.75, 3.05) is 0 Å². The zero-order valence-electron chi connectivity index (χ0n) is 23.2. The van der Waals surface area contributed by atoms with E-state index in [1.807, 2.05) is 0 Å². The molecule has 2 atom stereocenters. The van der Waals surface area contributed by atoms with Crippen LogP contribution in [0.3, 0.4) is 0 Å². The van der Waals surface area contributed by atoms with Gasteiger partial charge in [-0.3, -0.25) is 0 Å². The predicted octanol–water partition coefficient (Wildman–Crippen LogP) is 6.67. The van der Waals surface area contributed by atoms with Crippen LogP contribution in [-0.4, -0.2) is 0 Å². The van der Waals surface area contributed by atoms with Gasteiger partial charge >= 0.3 is 6.17 Å². The fourth-order valence-electron chi connectivity index (χ4n) is 6.99. The van der Waals surface area contributed by atoms with Gasteiger partial charge in [-0.15, -0.1) is 9.13 Å². The number of benzene rings is 3. The van der Waals surface area contributed by atoms with E-state index >= 15 is 0 Å². The fourth-order valence-corrected chi connectivity index (χ4v) is 6.99. The number of hydrogen-bond acceptors (Lipinski definition) is 0. The van der Waals surface area contributed by atoms with E-state index in [4.69, 9.17) is 0 Å². The molecule has 3 aromatic carbocycles. The summed E-state index contributed by atoms with van der Waals surface area (Å²) < 4.78 is 7.49. The Kier molecular flexibility index (Phi) is 5.63. The molecule has 196 valence electrons. The SMILES string of the molecule is CCc1ccc2c(c1)-c1cccc[n+]1C1Cc3ccccc3-c3cccc[n+]3C2[n+]2ccccc2-c2ccccc21. The highest BCUT2D eigenvalue weighted by Crippen LogP contribution is 2.37. The lowest BCUT2D eigenvalue weighted by atomic mass is 9.89. The summed E-state index contributed by atoms with van der Waals surface area (Å²) in [4.78, 5) is 0. The highest BCUT2D eigenvalue weighted by atomic mass is 15.2. The van der Waals surface area contributed by atoms with Crippen molar-refractivity contribution in [1.82, 2.24) is 0 Å². The van der Waals surface area contributed by atoms with Gasteiger partial charge in [-0.05, 0) is 60.0 Å². The summed E-state index contributed by atoms with van der Waals surface area (Å²) >= 11 is 0. The molecule has 0 N–H and O–H groups in total. The maximum absolute atomic E-state index is 2.53. The Bertz CT molecular complexity index is 1930. The number of pyridine rings is 3.